The first kappa shape index (κ1) is 13.9. The summed E-state index contributed by atoms with van der Waals surface area (Å²) in [7, 11) is 0. The van der Waals surface area contributed by atoms with Crippen LogP contribution < -0.4 is 16.0 Å². The molecule has 3 N–H and O–H groups in total. The predicted molar refractivity (Wildman–Crippen MR) is 78.5 cm³/mol. The third kappa shape index (κ3) is 4.91. The largest absolute Gasteiger partial charge is 0.338 e. The highest BCUT2D eigenvalue weighted by molar-refractivity contribution is 5.89. The lowest BCUT2D eigenvalue weighted by Gasteiger charge is -2.23. The van der Waals surface area contributed by atoms with Crippen molar-refractivity contribution in [3.63, 3.8) is 0 Å². The molecule has 1 aliphatic rings. The highest BCUT2D eigenvalue weighted by atomic mass is 16.2. The lowest BCUT2D eigenvalue weighted by molar-refractivity contribution is 0.251. The molecule has 2 rings (SSSR count). The molecule has 0 aromatic heterocycles. The minimum Gasteiger partial charge on any atom is -0.338 e. The Hall–Kier alpha value is -1.55. The monoisotopic (exact) mass is 261 g/mol. The highest BCUT2D eigenvalue weighted by Crippen LogP contribution is 2.10. The summed E-state index contributed by atoms with van der Waals surface area (Å²) in [5, 5.41) is 9.22. The van der Waals surface area contributed by atoms with E-state index in [2.05, 4.69) is 16.0 Å². The number of hydrogen-bond acceptors (Lipinski definition) is 2. The van der Waals surface area contributed by atoms with Crippen LogP contribution in [0.1, 0.15) is 31.2 Å². The maximum Gasteiger partial charge on any atom is 0.319 e. The summed E-state index contributed by atoms with van der Waals surface area (Å²) in [6, 6.07) is 8.24. The molecule has 19 heavy (non-hydrogen) atoms. The second kappa shape index (κ2) is 7.14. The average molecular weight is 261 g/mol. The normalized spacial score (nSPS) is 18.9. The zero-order chi connectivity index (χ0) is 13.5. The Morgan fingerprint density at radius 3 is 2.79 bits per heavy atom. The number of amides is 2. The van der Waals surface area contributed by atoms with E-state index in [1.165, 1.54) is 24.8 Å². The Bertz CT molecular complexity index is 396. The molecule has 104 valence electrons. The zero-order valence-corrected chi connectivity index (χ0v) is 11.5. The molecule has 2 amide bonds. The Morgan fingerprint density at radius 1 is 1.32 bits per heavy atom. The SMILES string of the molecule is Cc1ccc(NC(=O)NCCC2CCCCN2)cc1. The van der Waals surface area contributed by atoms with E-state index in [0.717, 1.165) is 25.2 Å². The minimum atomic E-state index is -0.125. The number of anilines is 1. The first-order chi connectivity index (χ1) is 9.24. The van der Waals surface area contributed by atoms with Crippen molar-refractivity contribution in [2.75, 3.05) is 18.4 Å². The number of carbonyl (C=O) groups excluding carboxylic acids is 1. The smallest absolute Gasteiger partial charge is 0.319 e. The van der Waals surface area contributed by atoms with Gasteiger partial charge < -0.3 is 16.0 Å². The molecule has 0 spiro atoms. The number of benzene rings is 1. The van der Waals surface area contributed by atoms with Gasteiger partial charge >= 0.3 is 6.03 Å². The first-order valence-electron chi connectivity index (χ1n) is 7.09. The fraction of sp³-hybridized carbons (Fsp3) is 0.533. The molecule has 4 heteroatoms. The maximum absolute atomic E-state index is 11.7. The molecule has 4 nitrogen and oxygen atoms in total. The van der Waals surface area contributed by atoms with E-state index in [9.17, 15) is 4.79 Å². The Balaban J connectivity index is 1.65. The second-order valence-electron chi connectivity index (χ2n) is 5.18. The van der Waals surface area contributed by atoms with Gasteiger partial charge in [0.15, 0.2) is 0 Å². The van der Waals surface area contributed by atoms with Crippen molar-refractivity contribution < 1.29 is 4.79 Å². The second-order valence-corrected chi connectivity index (χ2v) is 5.18. The van der Waals surface area contributed by atoms with Gasteiger partial charge in [-0.1, -0.05) is 24.1 Å². The van der Waals surface area contributed by atoms with Crippen LogP contribution >= 0.6 is 0 Å². The van der Waals surface area contributed by atoms with Crippen LogP contribution in [-0.2, 0) is 0 Å². The lowest BCUT2D eigenvalue weighted by atomic mass is 10.0. The van der Waals surface area contributed by atoms with Crippen molar-refractivity contribution in [1.29, 1.82) is 0 Å². The average Bonchev–Trinajstić information content (AvgIpc) is 2.43. The molecule has 1 aromatic carbocycles. The van der Waals surface area contributed by atoms with Gasteiger partial charge in [0.25, 0.3) is 0 Å². The third-order valence-corrected chi connectivity index (χ3v) is 3.50. The molecule has 1 unspecified atom stereocenters. The van der Waals surface area contributed by atoms with Crippen LogP contribution in [0.15, 0.2) is 24.3 Å². The van der Waals surface area contributed by atoms with Crippen molar-refractivity contribution >= 4 is 11.7 Å². The maximum atomic E-state index is 11.7. The standard InChI is InChI=1S/C15H23N3O/c1-12-5-7-14(8-6-12)18-15(19)17-11-9-13-4-2-3-10-16-13/h5-8,13,16H,2-4,9-11H2,1H3,(H2,17,18,19). The van der Waals surface area contributed by atoms with E-state index in [4.69, 9.17) is 0 Å². The number of piperidine rings is 1. The van der Waals surface area contributed by atoms with E-state index in [-0.39, 0.29) is 6.03 Å². The summed E-state index contributed by atoms with van der Waals surface area (Å²) >= 11 is 0. The Morgan fingerprint density at radius 2 is 2.11 bits per heavy atom. The molecule has 1 heterocycles. The molecule has 0 radical (unpaired) electrons. The molecule has 1 atom stereocenters. The molecule has 0 aliphatic carbocycles. The summed E-state index contributed by atoms with van der Waals surface area (Å²) in [5.41, 5.74) is 2.02. The van der Waals surface area contributed by atoms with Gasteiger partial charge in [0.2, 0.25) is 0 Å². The summed E-state index contributed by atoms with van der Waals surface area (Å²) in [5.74, 6) is 0. The van der Waals surface area contributed by atoms with Gasteiger partial charge in [0.05, 0.1) is 0 Å². The number of rotatable bonds is 4. The summed E-state index contributed by atoms with van der Waals surface area (Å²) in [4.78, 5) is 11.7. The van der Waals surface area contributed by atoms with Crippen molar-refractivity contribution in [3.05, 3.63) is 29.8 Å². The molecule has 0 bridgehead atoms. The van der Waals surface area contributed by atoms with Gasteiger partial charge in [-0.05, 0) is 44.9 Å². The molecule has 1 fully saturated rings. The molecule has 1 aliphatic heterocycles. The van der Waals surface area contributed by atoms with Crippen molar-refractivity contribution in [2.45, 2.75) is 38.6 Å². The van der Waals surface area contributed by atoms with Crippen LogP contribution in [0.2, 0.25) is 0 Å². The van der Waals surface area contributed by atoms with Crippen LogP contribution in [0, 0.1) is 6.92 Å². The van der Waals surface area contributed by atoms with Crippen LogP contribution in [0.4, 0.5) is 10.5 Å². The lowest BCUT2D eigenvalue weighted by Crippen LogP contribution is -2.38. The van der Waals surface area contributed by atoms with Gasteiger partial charge in [0.1, 0.15) is 0 Å². The number of hydrogen-bond donors (Lipinski definition) is 3. The predicted octanol–water partition coefficient (Wildman–Crippen LogP) is 2.65. The minimum absolute atomic E-state index is 0.125. The summed E-state index contributed by atoms with van der Waals surface area (Å²) in [6.07, 6.45) is 4.80. The summed E-state index contributed by atoms with van der Waals surface area (Å²) < 4.78 is 0. The summed E-state index contributed by atoms with van der Waals surface area (Å²) in [6.45, 7) is 3.86. The van der Waals surface area contributed by atoms with Gasteiger partial charge in [-0.15, -0.1) is 0 Å². The fourth-order valence-corrected chi connectivity index (χ4v) is 2.34. The van der Waals surface area contributed by atoms with Gasteiger partial charge in [-0.2, -0.15) is 0 Å². The van der Waals surface area contributed by atoms with Crippen LogP contribution in [0.5, 0.6) is 0 Å². The molecular formula is C15H23N3O. The number of urea groups is 1. The van der Waals surface area contributed by atoms with E-state index in [1.54, 1.807) is 0 Å². The fourth-order valence-electron chi connectivity index (χ4n) is 2.34. The Labute approximate surface area is 115 Å². The van der Waals surface area contributed by atoms with Gasteiger partial charge in [-0.3, -0.25) is 0 Å². The number of carbonyl (C=O) groups is 1. The van der Waals surface area contributed by atoms with Crippen LogP contribution in [-0.4, -0.2) is 25.2 Å². The molecule has 1 saturated heterocycles. The van der Waals surface area contributed by atoms with E-state index >= 15 is 0 Å². The van der Waals surface area contributed by atoms with Crippen LogP contribution in [0.3, 0.4) is 0 Å². The number of aryl methyl sites for hydroxylation is 1. The third-order valence-electron chi connectivity index (χ3n) is 3.50. The van der Waals surface area contributed by atoms with E-state index < -0.39 is 0 Å². The zero-order valence-electron chi connectivity index (χ0n) is 11.5. The topological polar surface area (TPSA) is 53.2 Å². The van der Waals surface area contributed by atoms with E-state index in [0.29, 0.717) is 6.04 Å². The van der Waals surface area contributed by atoms with Crippen molar-refractivity contribution in [1.82, 2.24) is 10.6 Å². The van der Waals surface area contributed by atoms with Gasteiger partial charge in [-0.25, -0.2) is 4.79 Å². The number of nitrogens with one attached hydrogen (secondary N) is 3. The Kier molecular flexibility index (Phi) is 5.21. The van der Waals surface area contributed by atoms with Crippen molar-refractivity contribution in [3.8, 4) is 0 Å². The quantitative estimate of drug-likeness (QED) is 0.780. The molecular weight excluding hydrogens is 238 g/mol. The highest BCUT2D eigenvalue weighted by Gasteiger charge is 2.12. The van der Waals surface area contributed by atoms with Crippen LogP contribution in [0.25, 0.3) is 0 Å². The van der Waals surface area contributed by atoms with E-state index in [1.807, 2.05) is 31.2 Å². The molecule has 1 aromatic rings. The first-order valence-corrected chi connectivity index (χ1v) is 7.09. The van der Waals surface area contributed by atoms with Crippen molar-refractivity contribution in [2.24, 2.45) is 0 Å². The van der Waals surface area contributed by atoms with Gasteiger partial charge in [0, 0.05) is 18.3 Å². The molecule has 0 saturated carbocycles.